The molecule has 0 unspecified atom stereocenters. The second-order valence-electron chi connectivity index (χ2n) is 5.63. The first-order valence-corrected chi connectivity index (χ1v) is 7.07. The minimum absolute atomic E-state index is 0.646. The van der Waals surface area contributed by atoms with Crippen LogP contribution in [0.15, 0.2) is 36.4 Å². The Labute approximate surface area is 128 Å². The largest absolute Gasteiger partial charge is 0.497 e. The van der Waals surface area contributed by atoms with E-state index in [0.29, 0.717) is 10.8 Å². The summed E-state index contributed by atoms with van der Waals surface area (Å²) >= 11 is 6.04. The predicted octanol–water partition coefficient (Wildman–Crippen LogP) is 4.28. The average Bonchev–Trinajstić information content (AvgIpc) is 2.42. The van der Waals surface area contributed by atoms with Crippen molar-refractivity contribution in [2.24, 2.45) is 0 Å². The molecule has 0 saturated carbocycles. The van der Waals surface area contributed by atoms with Gasteiger partial charge in [-0.25, -0.2) is 4.98 Å². The van der Waals surface area contributed by atoms with Gasteiger partial charge in [0.1, 0.15) is 5.75 Å². The summed E-state index contributed by atoms with van der Waals surface area (Å²) in [6.45, 7) is 3.48. The number of aromatic nitrogens is 1. The van der Waals surface area contributed by atoms with Crippen molar-refractivity contribution in [1.29, 1.82) is 0 Å². The zero-order valence-electron chi connectivity index (χ0n) is 12.1. The van der Waals surface area contributed by atoms with Gasteiger partial charge in [0, 0.05) is 21.4 Å². The number of ether oxygens (including phenoxy) is 1. The summed E-state index contributed by atoms with van der Waals surface area (Å²) in [7, 11) is 1.61. The van der Waals surface area contributed by atoms with Crippen LogP contribution in [-0.4, -0.2) is 17.2 Å². The van der Waals surface area contributed by atoms with Crippen LogP contribution in [0.4, 0.5) is 0 Å². The molecule has 3 nitrogen and oxygen atoms in total. The maximum absolute atomic E-state index is 10.4. The van der Waals surface area contributed by atoms with E-state index in [9.17, 15) is 5.11 Å². The highest BCUT2D eigenvalue weighted by molar-refractivity contribution is 6.31. The number of halogens is 1. The molecule has 1 N–H and O–H groups in total. The van der Waals surface area contributed by atoms with E-state index in [-0.39, 0.29) is 0 Å². The molecule has 1 heterocycles. The highest BCUT2D eigenvalue weighted by atomic mass is 35.5. The molecule has 2 aromatic carbocycles. The number of fused-ring (bicyclic) bond motifs is 2. The summed E-state index contributed by atoms with van der Waals surface area (Å²) in [5.41, 5.74) is 1.30. The second-order valence-corrected chi connectivity index (χ2v) is 6.07. The van der Waals surface area contributed by atoms with Crippen molar-refractivity contribution < 1.29 is 9.84 Å². The van der Waals surface area contributed by atoms with Crippen molar-refractivity contribution in [2.45, 2.75) is 19.4 Å². The van der Waals surface area contributed by atoms with Gasteiger partial charge in [-0.05, 0) is 44.2 Å². The van der Waals surface area contributed by atoms with Crippen LogP contribution in [0.5, 0.6) is 5.75 Å². The Kier molecular flexibility index (Phi) is 3.27. The zero-order valence-corrected chi connectivity index (χ0v) is 12.9. The number of aliphatic hydroxyl groups is 1. The highest BCUT2D eigenvalue weighted by Gasteiger charge is 2.21. The van der Waals surface area contributed by atoms with Crippen LogP contribution in [0.3, 0.4) is 0 Å². The van der Waals surface area contributed by atoms with Crippen molar-refractivity contribution in [2.75, 3.05) is 7.11 Å². The lowest BCUT2D eigenvalue weighted by atomic mass is 9.94. The van der Waals surface area contributed by atoms with E-state index in [4.69, 9.17) is 16.3 Å². The smallest absolute Gasteiger partial charge is 0.119 e. The molecule has 0 bridgehead atoms. The number of rotatable bonds is 2. The van der Waals surface area contributed by atoms with Crippen LogP contribution in [-0.2, 0) is 5.60 Å². The summed E-state index contributed by atoms with van der Waals surface area (Å²) in [5.74, 6) is 0.703. The predicted molar refractivity (Wildman–Crippen MR) is 86.1 cm³/mol. The monoisotopic (exact) mass is 301 g/mol. The minimum atomic E-state index is -1.01. The molecule has 0 aliphatic carbocycles. The normalized spacial score (nSPS) is 12.0. The molecule has 1 aromatic heterocycles. The molecule has 0 amide bonds. The third kappa shape index (κ3) is 2.55. The first-order valence-electron chi connectivity index (χ1n) is 6.69. The molecule has 0 saturated heterocycles. The topological polar surface area (TPSA) is 42.4 Å². The summed E-state index contributed by atoms with van der Waals surface area (Å²) < 4.78 is 5.33. The molecule has 108 valence electrons. The number of methoxy groups -OCH3 is 1. The average molecular weight is 302 g/mol. The van der Waals surface area contributed by atoms with Crippen molar-refractivity contribution in [1.82, 2.24) is 4.98 Å². The number of benzene rings is 2. The van der Waals surface area contributed by atoms with Crippen LogP contribution in [0.1, 0.15) is 19.4 Å². The first-order chi connectivity index (χ1) is 9.88. The Bertz CT molecular complexity index is 837. The van der Waals surface area contributed by atoms with Crippen molar-refractivity contribution in [3.63, 3.8) is 0 Å². The zero-order chi connectivity index (χ0) is 15.2. The Morgan fingerprint density at radius 3 is 2.52 bits per heavy atom. The molecule has 0 aliphatic heterocycles. The van der Waals surface area contributed by atoms with Gasteiger partial charge in [-0.3, -0.25) is 0 Å². The van der Waals surface area contributed by atoms with Gasteiger partial charge in [-0.15, -0.1) is 0 Å². The fourth-order valence-corrected chi connectivity index (χ4v) is 2.64. The van der Waals surface area contributed by atoms with Crippen LogP contribution in [0.2, 0.25) is 5.02 Å². The third-order valence-electron chi connectivity index (χ3n) is 3.54. The number of hydrogen-bond donors (Lipinski definition) is 1. The van der Waals surface area contributed by atoms with Gasteiger partial charge in [-0.1, -0.05) is 17.7 Å². The SMILES string of the molecule is COc1cc(C(C)(C)O)c2nc3cc(Cl)ccc3cc2c1. The Hall–Kier alpha value is -1.84. The summed E-state index contributed by atoms with van der Waals surface area (Å²) in [6, 6.07) is 11.4. The molecule has 0 radical (unpaired) electrons. The van der Waals surface area contributed by atoms with Crippen LogP contribution >= 0.6 is 11.6 Å². The standard InChI is InChI=1S/C17H16ClNO2/c1-17(2,20)14-9-13(21-3)7-11-6-10-4-5-12(18)8-15(10)19-16(11)14/h4-9,20H,1-3H3. The fraction of sp³-hybridized carbons (Fsp3) is 0.235. The van der Waals surface area contributed by atoms with Gasteiger partial charge in [-0.2, -0.15) is 0 Å². The van der Waals surface area contributed by atoms with E-state index < -0.39 is 5.60 Å². The molecule has 4 heteroatoms. The number of pyridine rings is 1. The van der Waals surface area contributed by atoms with Gasteiger partial charge in [0.25, 0.3) is 0 Å². The molecular formula is C17H16ClNO2. The van der Waals surface area contributed by atoms with Crippen LogP contribution in [0, 0.1) is 0 Å². The lowest BCUT2D eigenvalue weighted by Crippen LogP contribution is -2.16. The van der Waals surface area contributed by atoms with E-state index in [0.717, 1.165) is 27.4 Å². The Balaban J connectivity index is 2.43. The van der Waals surface area contributed by atoms with E-state index in [1.165, 1.54) is 0 Å². The van der Waals surface area contributed by atoms with Gasteiger partial charge in [0.2, 0.25) is 0 Å². The highest BCUT2D eigenvalue weighted by Crippen LogP contribution is 2.33. The summed E-state index contributed by atoms with van der Waals surface area (Å²) in [4.78, 5) is 4.68. The maximum Gasteiger partial charge on any atom is 0.119 e. The van der Waals surface area contributed by atoms with Gasteiger partial charge >= 0.3 is 0 Å². The summed E-state index contributed by atoms with van der Waals surface area (Å²) in [6.07, 6.45) is 0. The lowest BCUT2D eigenvalue weighted by Gasteiger charge is -2.20. The quantitative estimate of drug-likeness (QED) is 0.718. The van der Waals surface area contributed by atoms with Gasteiger partial charge in [0.05, 0.1) is 23.7 Å². The molecule has 0 aliphatic rings. The maximum atomic E-state index is 10.4. The number of hydrogen-bond acceptors (Lipinski definition) is 3. The summed E-state index contributed by atoms with van der Waals surface area (Å²) in [5, 5.41) is 13.0. The molecule has 0 atom stereocenters. The minimum Gasteiger partial charge on any atom is -0.497 e. The van der Waals surface area contributed by atoms with E-state index in [1.807, 2.05) is 36.4 Å². The number of nitrogens with zero attached hydrogens (tertiary/aromatic N) is 1. The fourth-order valence-electron chi connectivity index (χ4n) is 2.47. The van der Waals surface area contributed by atoms with Crippen LogP contribution in [0.25, 0.3) is 21.8 Å². The van der Waals surface area contributed by atoms with E-state index >= 15 is 0 Å². The molecule has 0 fully saturated rings. The van der Waals surface area contributed by atoms with E-state index in [1.54, 1.807) is 21.0 Å². The van der Waals surface area contributed by atoms with Crippen molar-refractivity contribution in [3.8, 4) is 5.75 Å². The molecule has 21 heavy (non-hydrogen) atoms. The lowest BCUT2D eigenvalue weighted by molar-refractivity contribution is 0.0798. The van der Waals surface area contributed by atoms with Crippen molar-refractivity contribution in [3.05, 3.63) is 47.0 Å². The Morgan fingerprint density at radius 1 is 1.10 bits per heavy atom. The second kappa shape index (κ2) is 4.86. The molecule has 3 rings (SSSR count). The van der Waals surface area contributed by atoms with E-state index in [2.05, 4.69) is 4.98 Å². The van der Waals surface area contributed by atoms with Gasteiger partial charge in [0.15, 0.2) is 0 Å². The third-order valence-corrected chi connectivity index (χ3v) is 3.78. The molecule has 3 aromatic rings. The van der Waals surface area contributed by atoms with Crippen molar-refractivity contribution >= 4 is 33.4 Å². The molecular weight excluding hydrogens is 286 g/mol. The molecule has 0 spiro atoms. The van der Waals surface area contributed by atoms with Gasteiger partial charge < -0.3 is 9.84 Å². The Morgan fingerprint density at radius 2 is 1.86 bits per heavy atom. The first kappa shape index (κ1) is 14.1. The van der Waals surface area contributed by atoms with Crippen LogP contribution < -0.4 is 4.74 Å².